The molecule has 0 unspecified atom stereocenters. The van der Waals surface area contributed by atoms with Crippen LogP contribution in [0.25, 0.3) is 0 Å². The molecule has 0 spiro atoms. The number of alkyl halides is 6. The van der Waals surface area contributed by atoms with E-state index in [1.54, 1.807) is 6.07 Å². The lowest BCUT2D eigenvalue weighted by Crippen LogP contribution is -2.53. The van der Waals surface area contributed by atoms with Gasteiger partial charge in [0.2, 0.25) is 0 Å². The number of nitrogens with zero attached hydrogens (tertiary/aromatic N) is 1. The Kier molecular flexibility index (Phi) is 7.87. The molecule has 0 fully saturated rings. The summed E-state index contributed by atoms with van der Waals surface area (Å²) in [5.41, 5.74) is -6.65. The smallest absolute Gasteiger partial charge is 0.369 e. The van der Waals surface area contributed by atoms with Crippen molar-refractivity contribution in [1.29, 1.82) is 0 Å². The number of hydrogen-bond donors (Lipinski definition) is 1. The fraction of sp³-hybridized carbons (Fsp3) is 0.429. The standard InChI is InChI=1S/C21H23F6NO3S/c1-2-3-4-8-15-28(32(30,31)18-9-6-5-7-10-18)17-13-11-16(12-14-17)19(29,20(22,23)24)21(25,26)27/h5-7,9-14,29H,2-4,8,15H2,1H3. The molecule has 0 aliphatic heterocycles. The molecule has 0 saturated carbocycles. The Morgan fingerprint density at radius 2 is 1.34 bits per heavy atom. The second kappa shape index (κ2) is 9.70. The minimum absolute atomic E-state index is 0.0145. The Morgan fingerprint density at radius 1 is 0.812 bits per heavy atom. The average Bonchev–Trinajstić information content (AvgIpc) is 2.72. The molecule has 0 saturated heterocycles. The molecule has 0 bridgehead atoms. The number of benzene rings is 2. The number of rotatable bonds is 9. The van der Waals surface area contributed by atoms with Gasteiger partial charge in [0, 0.05) is 12.1 Å². The summed E-state index contributed by atoms with van der Waals surface area (Å²) >= 11 is 0. The van der Waals surface area contributed by atoms with E-state index in [-0.39, 0.29) is 17.1 Å². The Labute approximate surface area is 182 Å². The van der Waals surface area contributed by atoms with Crippen LogP contribution in [0.1, 0.15) is 38.2 Å². The molecule has 2 aromatic rings. The molecule has 0 heterocycles. The SMILES string of the molecule is CCCCCCN(c1ccc(C(O)(C(F)(F)F)C(F)(F)F)cc1)S(=O)(=O)c1ccccc1. The first-order valence-corrected chi connectivity index (χ1v) is 11.2. The summed E-state index contributed by atoms with van der Waals surface area (Å²) < 4.78 is 106. The van der Waals surface area contributed by atoms with E-state index in [4.69, 9.17) is 0 Å². The molecule has 1 N–H and O–H groups in total. The lowest BCUT2D eigenvalue weighted by Gasteiger charge is -2.33. The second-order valence-corrected chi connectivity index (χ2v) is 9.07. The van der Waals surface area contributed by atoms with Gasteiger partial charge in [0.25, 0.3) is 15.6 Å². The topological polar surface area (TPSA) is 57.6 Å². The first-order valence-electron chi connectivity index (χ1n) is 9.81. The minimum atomic E-state index is -6.03. The van der Waals surface area contributed by atoms with Crippen LogP contribution in [0, 0.1) is 0 Å². The minimum Gasteiger partial charge on any atom is -0.369 e. The molecule has 4 nitrogen and oxygen atoms in total. The lowest BCUT2D eigenvalue weighted by molar-refractivity contribution is -0.376. The Morgan fingerprint density at radius 3 is 1.81 bits per heavy atom. The molecule has 0 radical (unpaired) electrons. The van der Waals surface area contributed by atoms with Gasteiger partial charge in [-0.15, -0.1) is 0 Å². The van der Waals surface area contributed by atoms with Crippen LogP contribution < -0.4 is 4.31 Å². The van der Waals surface area contributed by atoms with E-state index in [1.165, 1.54) is 24.3 Å². The highest BCUT2D eigenvalue weighted by Gasteiger charge is 2.71. The summed E-state index contributed by atoms with van der Waals surface area (Å²) in [6.07, 6.45) is -9.20. The normalized spacial score (nSPS) is 13.2. The third kappa shape index (κ3) is 5.20. The lowest BCUT2D eigenvalue weighted by atomic mass is 9.92. The molecule has 2 aromatic carbocycles. The first kappa shape index (κ1) is 26.0. The summed E-state index contributed by atoms with van der Waals surface area (Å²) in [5, 5.41) is 9.54. The molecule has 32 heavy (non-hydrogen) atoms. The van der Waals surface area contributed by atoms with Crippen LogP contribution in [-0.4, -0.2) is 32.4 Å². The summed E-state index contributed by atoms with van der Waals surface area (Å²) in [5.74, 6) is 0. The van der Waals surface area contributed by atoms with Gasteiger partial charge in [-0.1, -0.05) is 56.5 Å². The van der Waals surface area contributed by atoms with Crippen molar-refractivity contribution < 1.29 is 39.9 Å². The van der Waals surface area contributed by atoms with E-state index in [2.05, 4.69) is 0 Å². The molecule has 0 aliphatic carbocycles. The summed E-state index contributed by atoms with van der Waals surface area (Å²) in [4.78, 5) is -0.0679. The number of aliphatic hydroxyl groups is 1. The molecule has 0 aliphatic rings. The predicted molar refractivity (Wildman–Crippen MR) is 108 cm³/mol. The second-order valence-electron chi connectivity index (χ2n) is 7.20. The largest absolute Gasteiger partial charge is 0.430 e. The molecule has 2 rings (SSSR count). The molecule has 0 aromatic heterocycles. The highest BCUT2D eigenvalue weighted by Crippen LogP contribution is 2.50. The van der Waals surface area contributed by atoms with Gasteiger partial charge in [-0.25, -0.2) is 8.42 Å². The van der Waals surface area contributed by atoms with Crippen molar-refractivity contribution in [2.45, 2.75) is 55.5 Å². The van der Waals surface area contributed by atoms with Gasteiger partial charge in [-0.2, -0.15) is 26.3 Å². The van der Waals surface area contributed by atoms with Gasteiger partial charge in [0.1, 0.15) is 0 Å². The molecule has 178 valence electrons. The molecule has 11 heteroatoms. The number of sulfonamides is 1. The highest BCUT2D eigenvalue weighted by molar-refractivity contribution is 7.92. The van der Waals surface area contributed by atoms with Crippen molar-refractivity contribution in [2.75, 3.05) is 10.8 Å². The van der Waals surface area contributed by atoms with Crippen LogP contribution in [0.3, 0.4) is 0 Å². The van der Waals surface area contributed by atoms with E-state index in [1.807, 2.05) is 6.92 Å². The van der Waals surface area contributed by atoms with Crippen molar-refractivity contribution in [3.05, 3.63) is 60.2 Å². The third-order valence-corrected chi connectivity index (χ3v) is 6.78. The van der Waals surface area contributed by atoms with Gasteiger partial charge in [0.15, 0.2) is 0 Å². The molecular formula is C21H23F6NO3S. The van der Waals surface area contributed by atoms with Crippen LogP contribution >= 0.6 is 0 Å². The van der Waals surface area contributed by atoms with Crippen molar-refractivity contribution in [2.24, 2.45) is 0 Å². The number of halogens is 6. The van der Waals surface area contributed by atoms with Gasteiger partial charge in [-0.3, -0.25) is 4.31 Å². The van der Waals surface area contributed by atoms with Crippen molar-refractivity contribution in [1.82, 2.24) is 0 Å². The number of anilines is 1. The van der Waals surface area contributed by atoms with Crippen LogP contribution in [-0.2, 0) is 15.6 Å². The highest BCUT2D eigenvalue weighted by atomic mass is 32.2. The Bertz CT molecular complexity index is 959. The Hall–Kier alpha value is -2.27. The number of unbranched alkanes of at least 4 members (excludes halogenated alkanes) is 3. The predicted octanol–water partition coefficient (Wildman–Crippen LogP) is 5.77. The van der Waals surface area contributed by atoms with E-state index in [9.17, 15) is 39.9 Å². The van der Waals surface area contributed by atoms with Gasteiger partial charge in [-0.05, 0) is 30.7 Å². The molecule has 0 atom stereocenters. The van der Waals surface area contributed by atoms with Crippen LogP contribution in [0.15, 0.2) is 59.5 Å². The van der Waals surface area contributed by atoms with Crippen LogP contribution in [0.4, 0.5) is 32.0 Å². The summed E-state index contributed by atoms with van der Waals surface area (Å²) in [6, 6.07) is 9.83. The fourth-order valence-electron chi connectivity index (χ4n) is 3.15. The van der Waals surface area contributed by atoms with Gasteiger partial charge in [0.05, 0.1) is 10.6 Å². The maximum absolute atomic E-state index is 13.1. The average molecular weight is 483 g/mol. The van der Waals surface area contributed by atoms with E-state index in [0.29, 0.717) is 25.0 Å². The monoisotopic (exact) mass is 483 g/mol. The zero-order chi connectivity index (χ0) is 24.2. The maximum Gasteiger partial charge on any atom is 0.430 e. The first-order chi connectivity index (χ1) is 14.8. The van der Waals surface area contributed by atoms with Crippen LogP contribution in [0.2, 0.25) is 0 Å². The maximum atomic E-state index is 13.1. The molecular weight excluding hydrogens is 460 g/mol. The summed E-state index contributed by atoms with van der Waals surface area (Å²) in [7, 11) is -4.12. The molecule has 0 amide bonds. The van der Waals surface area contributed by atoms with Crippen molar-refractivity contribution in [3.8, 4) is 0 Å². The third-order valence-electron chi connectivity index (χ3n) is 4.94. The van der Waals surface area contributed by atoms with E-state index in [0.717, 1.165) is 29.3 Å². The number of hydrogen-bond acceptors (Lipinski definition) is 3. The zero-order valence-corrected chi connectivity index (χ0v) is 17.9. The van der Waals surface area contributed by atoms with Crippen molar-refractivity contribution >= 4 is 15.7 Å². The summed E-state index contributed by atoms with van der Waals surface area (Å²) in [6.45, 7) is 1.94. The van der Waals surface area contributed by atoms with Gasteiger partial charge >= 0.3 is 12.4 Å². The van der Waals surface area contributed by atoms with Gasteiger partial charge < -0.3 is 5.11 Å². The van der Waals surface area contributed by atoms with E-state index < -0.39 is 33.5 Å². The quantitative estimate of drug-likeness (QED) is 0.364. The van der Waals surface area contributed by atoms with Crippen molar-refractivity contribution in [3.63, 3.8) is 0 Å². The van der Waals surface area contributed by atoms with Crippen LogP contribution in [0.5, 0.6) is 0 Å². The zero-order valence-electron chi connectivity index (χ0n) is 17.1. The van der Waals surface area contributed by atoms with E-state index >= 15 is 0 Å². The fourth-order valence-corrected chi connectivity index (χ4v) is 4.67. The Balaban J connectivity index is 2.49.